The summed E-state index contributed by atoms with van der Waals surface area (Å²) in [6.07, 6.45) is 0. The van der Waals surface area contributed by atoms with Gasteiger partial charge in [0.15, 0.2) is 0 Å². The number of nitrogens with zero attached hydrogens (tertiary/aromatic N) is 1. The maximum atomic E-state index is 3.25. The number of rotatable bonds is 0. The summed E-state index contributed by atoms with van der Waals surface area (Å²) in [5, 5.41) is 0. The summed E-state index contributed by atoms with van der Waals surface area (Å²) in [5.41, 5.74) is 0. The van der Waals surface area contributed by atoms with Gasteiger partial charge in [0, 0.05) is 39.8 Å². The van der Waals surface area contributed by atoms with Gasteiger partial charge in [-0.2, -0.15) is 6.92 Å². The third-order valence-electron chi connectivity index (χ3n) is 0. The normalized spacial score (nSPS) is 3.17. The summed E-state index contributed by atoms with van der Waals surface area (Å²) in [4.78, 5) is 3.25. The van der Waals surface area contributed by atoms with Crippen molar-refractivity contribution in [3.63, 3.8) is 0 Å². The zero-order valence-corrected chi connectivity index (χ0v) is 7.28. The Hall–Kier alpha value is 0.774. The Kier molecular flexibility index (Phi) is 111. The minimum Gasteiger partial charge on any atom is -0.346 e. The van der Waals surface area contributed by atoms with E-state index in [2.05, 4.69) is 18.6 Å². The fourth-order valence-corrected chi connectivity index (χ4v) is 0. The summed E-state index contributed by atoms with van der Waals surface area (Å²) in [6, 6.07) is 0. The average molecular weight is 161 g/mol. The number of hydrogen-bond donors (Lipinski definition) is 0. The summed E-state index contributed by atoms with van der Waals surface area (Å²) in [6.45, 7) is 8.11. The van der Waals surface area contributed by atoms with E-state index in [9.17, 15) is 0 Å². The molecular formula is C4H10NY-. The summed E-state index contributed by atoms with van der Waals surface area (Å²) in [7, 11) is 1.64. The predicted octanol–water partition coefficient (Wildman–Crippen LogP) is 1.15. The standard InChI is InChI=1S/C2H5N.C2H5.Y/c1-3-2;1-2;/h1H2,2H3;1H2,2H3;/q;-1;. The van der Waals surface area contributed by atoms with E-state index in [1.807, 2.05) is 0 Å². The molecule has 0 aliphatic rings. The molecule has 0 aromatic carbocycles. The molecule has 0 fully saturated rings. The van der Waals surface area contributed by atoms with Gasteiger partial charge >= 0.3 is 0 Å². The molecule has 2 heteroatoms. The Balaban J connectivity index is -0.0000000275. The van der Waals surface area contributed by atoms with Crippen molar-refractivity contribution in [2.75, 3.05) is 7.05 Å². The quantitative estimate of drug-likeness (QED) is 0.373. The Labute approximate surface area is 65.1 Å². The smallest absolute Gasteiger partial charge is 0.0269 e. The van der Waals surface area contributed by atoms with Crippen molar-refractivity contribution in [1.82, 2.24) is 0 Å². The van der Waals surface area contributed by atoms with Gasteiger partial charge in [-0.25, -0.2) is 0 Å². The second-order valence-electron chi connectivity index (χ2n) is 0.316. The molecule has 0 aliphatic carbocycles. The molecule has 0 aromatic rings. The van der Waals surface area contributed by atoms with Gasteiger partial charge in [-0.1, -0.05) is 0 Å². The largest absolute Gasteiger partial charge is 0.346 e. The van der Waals surface area contributed by atoms with Gasteiger partial charge in [0.1, 0.15) is 0 Å². The minimum absolute atomic E-state index is 0. The summed E-state index contributed by atoms with van der Waals surface area (Å²) < 4.78 is 0. The fraction of sp³-hybridized carbons (Fsp3) is 0.500. The van der Waals surface area contributed by atoms with E-state index in [1.165, 1.54) is 0 Å². The van der Waals surface area contributed by atoms with Crippen LogP contribution in [0.2, 0.25) is 0 Å². The second-order valence-corrected chi connectivity index (χ2v) is 0.316. The second kappa shape index (κ2) is 41.8. The van der Waals surface area contributed by atoms with Crippen LogP contribution in [0.4, 0.5) is 0 Å². The Bertz CT molecular complexity index is 15.0. The first kappa shape index (κ1) is 15.9. The molecule has 0 atom stereocenters. The minimum atomic E-state index is 0. The first-order valence-electron chi connectivity index (χ1n) is 1.47. The van der Waals surface area contributed by atoms with Crippen LogP contribution in [-0.2, 0) is 32.7 Å². The van der Waals surface area contributed by atoms with Gasteiger partial charge < -0.3 is 11.9 Å². The van der Waals surface area contributed by atoms with Gasteiger partial charge in [-0.05, 0) is 6.72 Å². The average Bonchev–Trinajstić information content (AvgIpc) is 1.46. The molecule has 0 N–H and O–H groups in total. The van der Waals surface area contributed by atoms with Gasteiger partial charge in [-0.15, -0.1) is 0 Å². The molecule has 1 nitrogen and oxygen atoms in total. The molecule has 0 heterocycles. The van der Waals surface area contributed by atoms with E-state index < -0.39 is 0 Å². The van der Waals surface area contributed by atoms with Crippen molar-refractivity contribution in [2.24, 2.45) is 4.99 Å². The third-order valence-corrected chi connectivity index (χ3v) is 0. The molecular weight excluding hydrogens is 151 g/mol. The first-order chi connectivity index (χ1) is 2.41. The van der Waals surface area contributed by atoms with E-state index in [0.717, 1.165) is 0 Å². The van der Waals surface area contributed by atoms with Crippen LogP contribution in [-0.4, -0.2) is 13.8 Å². The van der Waals surface area contributed by atoms with Crippen molar-refractivity contribution < 1.29 is 32.7 Å². The van der Waals surface area contributed by atoms with Crippen molar-refractivity contribution in [2.45, 2.75) is 6.92 Å². The van der Waals surface area contributed by atoms with Crippen LogP contribution < -0.4 is 0 Å². The molecule has 1 radical (unpaired) electrons. The maximum absolute atomic E-state index is 3.25. The van der Waals surface area contributed by atoms with Crippen molar-refractivity contribution in [1.29, 1.82) is 0 Å². The molecule has 0 amide bonds. The molecule has 0 rings (SSSR count). The van der Waals surface area contributed by atoms with E-state index in [-0.39, 0.29) is 32.7 Å². The molecule has 0 aliphatic heterocycles. The van der Waals surface area contributed by atoms with E-state index in [4.69, 9.17) is 0 Å². The number of hydrogen-bond acceptors (Lipinski definition) is 1. The van der Waals surface area contributed by atoms with Crippen molar-refractivity contribution in [3.05, 3.63) is 6.92 Å². The van der Waals surface area contributed by atoms with Crippen LogP contribution in [0.5, 0.6) is 0 Å². The van der Waals surface area contributed by atoms with E-state index in [1.54, 1.807) is 14.0 Å². The van der Waals surface area contributed by atoms with Crippen LogP contribution in [0.25, 0.3) is 0 Å². The van der Waals surface area contributed by atoms with Crippen molar-refractivity contribution in [3.8, 4) is 0 Å². The fourth-order valence-electron chi connectivity index (χ4n) is 0. The molecule has 0 saturated heterocycles. The molecule has 0 aromatic heterocycles. The van der Waals surface area contributed by atoms with Crippen molar-refractivity contribution >= 4 is 6.72 Å². The van der Waals surface area contributed by atoms with Gasteiger partial charge in [0.25, 0.3) is 0 Å². The zero-order valence-electron chi connectivity index (χ0n) is 4.44. The molecule has 0 saturated carbocycles. The topological polar surface area (TPSA) is 12.4 Å². The zero-order chi connectivity index (χ0) is 4.71. The molecule has 0 bridgehead atoms. The van der Waals surface area contributed by atoms with E-state index in [0.29, 0.717) is 0 Å². The number of aliphatic imine (C=N–C) groups is 1. The Morgan fingerprint density at radius 2 is 1.50 bits per heavy atom. The van der Waals surface area contributed by atoms with E-state index >= 15 is 0 Å². The van der Waals surface area contributed by atoms with Gasteiger partial charge in [0.2, 0.25) is 0 Å². The molecule has 6 heavy (non-hydrogen) atoms. The Morgan fingerprint density at radius 3 is 1.50 bits per heavy atom. The molecule has 0 unspecified atom stereocenters. The summed E-state index contributed by atoms with van der Waals surface area (Å²) >= 11 is 0. The SMILES string of the molecule is C=NC.[CH2-]C.[Y]. The summed E-state index contributed by atoms with van der Waals surface area (Å²) in [5.74, 6) is 0. The molecule has 35 valence electrons. The molecule has 0 spiro atoms. The predicted molar refractivity (Wildman–Crippen MR) is 26.5 cm³/mol. The van der Waals surface area contributed by atoms with Gasteiger partial charge in [0.05, 0.1) is 0 Å². The van der Waals surface area contributed by atoms with Crippen LogP contribution in [0.3, 0.4) is 0 Å². The maximum Gasteiger partial charge on any atom is 0.0269 e. The van der Waals surface area contributed by atoms with Crippen LogP contribution in [0.1, 0.15) is 6.92 Å². The van der Waals surface area contributed by atoms with Gasteiger partial charge in [-0.3, -0.25) is 0 Å². The Morgan fingerprint density at radius 1 is 1.50 bits per heavy atom. The van der Waals surface area contributed by atoms with Crippen LogP contribution in [0.15, 0.2) is 4.99 Å². The monoisotopic (exact) mass is 161 g/mol. The van der Waals surface area contributed by atoms with Crippen LogP contribution in [0, 0.1) is 6.92 Å². The van der Waals surface area contributed by atoms with Crippen LogP contribution >= 0.6 is 0 Å². The third kappa shape index (κ3) is 114. The first-order valence-corrected chi connectivity index (χ1v) is 1.47.